The number of carboxylic acid groups (broad SMARTS) is 2. The lowest BCUT2D eigenvalue weighted by Gasteiger charge is -2.26. The smallest absolute Gasteiger partial charge is 0.311 e. The maximum atomic E-state index is 12.2. The molecular formula is C24H30O4. The van der Waals surface area contributed by atoms with E-state index in [0.29, 0.717) is 24.0 Å². The van der Waals surface area contributed by atoms with E-state index >= 15 is 0 Å². The minimum atomic E-state index is -0.910. The topological polar surface area (TPSA) is 74.6 Å². The van der Waals surface area contributed by atoms with E-state index < -0.39 is 23.8 Å². The lowest BCUT2D eigenvalue weighted by Crippen LogP contribution is -2.22. The molecule has 0 saturated heterocycles. The molecule has 0 spiro atoms. The van der Waals surface area contributed by atoms with Crippen LogP contribution in [0.5, 0.6) is 0 Å². The first-order valence-electron chi connectivity index (χ1n) is 9.86. The van der Waals surface area contributed by atoms with E-state index in [-0.39, 0.29) is 11.8 Å². The number of hydrogen-bond donors (Lipinski definition) is 2. The molecule has 2 rings (SSSR count). The van der Waals surface area contributed by atoms with Crippen molar-refractivity contribution in [2.24, 2.45) is 11.8 Å². The van der Waals surface area contributed by atoms with Crippen LogP contribution < -0.4 is 0 Å². The first-order valence-corrected chi connectivity index (χ1v) is 9.86. The monoisotopic (exact) mass is 382 g/mol. The van der Waals surface area contributed by atoms with Crippen LogP contribution in [0.3, 0.4) is 0 Å². The predicted octanol–water partition coefficient (Wildman–Crippen LogP) is 5.78. The van der Waals surface area contributed by atoms with Gasteiger partial charge in [0.2, 0.25) is 0 Å². The van der Waals surface area contributed by atoms with Gasteiger partial charge in [0.15, 0.2) is 0 Å². The highest BCUT2D eigenvalue weighted by molar-refractivity contribution is 5.85. The van der Waals surface area contributed by atoms with E-state index in [9.17, 15) is 19.8 Å². The lowest BCUT2D eigenvalue weighted by atomic mass is 9.77. The summed E-state index contributed by atoms with van der Waals surface area (Å²) in [5.41, 5.74) is 2.97. The number of hydrogen-bond acceptors (Lipinski definition) is 2. The van der Waals surface area contributed by atoms with E-state index in [1.165, 1.54) is 0 Å². The maximum absolute atomic E-state index is 12.2. The molecule has 4 nitrogen and oxygen atoms in total. The fourth-order valence-electron chi connectivity index (χ4n) is 3.79. The van der Waals surface area contributed by atoms with Gasteiger partial charge in [0.1, 0.15) is 0 Å². The van der Waals surface area contributed by atoms with Crippen LogP contribution in [0, 0.1) is 11.8 Å². The highest BCUT2D eigenvalue weighted by atomic mass is 16.4. The Bertz CT molecular complexity index is 809. The SMILES string of the molecule is CC(C)CC(C(=O)O)c1cccc(-c2ccccc2)c1C(CC(C)C)C(=O)O. The molecule has 0 aliphatic heterocycles. The van der Waals surface area contributed by atoms with Crippen molar-refractivity contribution in [3.8, 4) is 11.1 Å². The fraction of sp³-hybridized carbons (Fsp3) is 0.417. The molecule has 28 heavy (non-hydrogen) atoms. The quantitative estimate of drug-likeness (QED) is 0.576. The minimum Gasteiger partial charge on any atom is -0.481 e. The molecule has 2 N–H and O–H groups in total. The van der Waals surface area contributed by atoms with Gasteiger partial charge in [0.25, 0.3) is 0 Å². The van der Waals surface area contributed by atoms with Gasteiger partial charge in [-0.2, -0.15) is 0 Å². The van der Waals surface area contributed by atoms with Crippen molar-refractivity contribution in [3.63, 3.8) is 0 Å². The first-order chi connectivity index (χ1) is 13.2. The summed E-state index contributed by atoms with van der Waals surface area (Å²) in [5.74, 6) is -2.94. The van der Waals surface area contributed by atoms with Crippen LogP contribution >= 0.6 is 0 Å². The Hall–Kier alpha value is -2.62. The van der Waals surface area contributed by atoms with Crippen molar-refractivity contribution in [2.75, 3.05) is 0 Å². The van der Waals surface area contributed by atoms with Gasteiger partial charge >= 0.3 is 11.9 Å². The molecule has 0 fully saturated rings. The van der Waals surface area contributed by atoms with E-state index in [0.717, 1.165) is 11.1 Å². The Morgan fingerprint density at radius 2 is 1.29 bits per heavy atom. The molecule has 0 radical (unpaired) electrons. The molecule has 2 atom stereocenters. The normalized spacial score (nSPS) is 13.5. The highest BCUT2D eigenvalue weighted by Crippen LogP contribution is 2.40. The predicted molar refractivity (Wildman–Crippen MR) is 112 cm³/mol. The third kappa shape index (κ3) is 5.22. The fourth-order valence-corrected chi connectivity index (χ4v) is 3.79. The number of aliphatic carboxylic acids is 2. The number of benzene rings is 2. The Morgan fingerprint density at radius 3 is 1.79 bits per heavy atom. The average Bonchev–Trinajstić information content (AvgIpc) is 2.63. The number of carboxylic acids is 2. The summed E-state index contributed by atoms with van der Waals surface area (Å²) >= 11 is 0. The van der Waals surface area contributed by atoms with Crippen molar-refractivity contribution in [2.45, 2.75) is 52.4 Å². The molecule has 2 unspecified atom stereocenters. The highest BCUT2D eigenvalue weighted by Gasteiger charge is 2.32. The van der Waals surface area contributed by atoms with Crippen molar-refractivity contribution in [3.05, 3.63) is 59.7 Å². The summed E-state index contributed by atoms with van der Waals surface area (Å²) in [7, 11) is 0. The molecule has 2 aromatic carbocycles. The van der Waals surface area contributed by atoms with Gasteiger partial charge in [0.05, 0.1) is 11.8 Å². The largest absolute Gasteiger partial charge is 0.481 e. The average molecular weight is 383 g/mol. The van der Waals surface area contributed by atoms with Gasteiger partial charge in [-0.15, -0.1) is 0 Å². The van der Waals surface area contributed by atoms with Crippen LogP contribution in [0.2, 0.25) is 0 Å². The Morgan fingerprint density at radius 1 is 0.750 bits per heavy atom. The van der Waals surface area contributed by atoms with Gasteiger partial charge in [-0.1, -0.05) is 76.2 Å². The second kappa shape index (κ2) is 9.54. The van der Waals surface area contributed by atoms with Gasteiger partial charge in [0, 0.05) is 0 Å². The molecule has 0 aromatic heterocycles. The zero-order valence-electron chi connectivity index (χ0n) is 17.1. The zero-order chi connectivity index (χ0) is 20.8. The van der Waals surface area contributed by atoms with E-state index in [4.69, 9.17) is 0 Å². The van der Waals surface area contributed by atoms with Crippen LogP contribution in [0.4, 0.5) is 0 Å². The lowest BCUT2D eigenvalue weighted by molar-refractivity contribution is -0.140. The summed E-state index contributed by atoms with van der Waals surface area (Å²) in [6, 6.07) is 15.1. The van der Waals surface area contributed by atoms with Crippen LogP contribution in [-0.2, 0) is 9.59 Å². The second-order valence-corrected chi connectivity index (χ2v) is 8.22. The molecule has 2 aromatic rings. The van der Waals surface area contributed by atoms with Crippen LogP contribution in [0.25, 0.3) is 11.1 Å². The molecule has 0 bridgehead atoms. The first kappa shape index (κ1) is 21.7. The molecule has 0 aliphatic rings. The van der Waals surface area contributed by atoms with Crippen LogP contribution in [0.1, 0.15) is 63.5 Å². The number of carbonyl (C=O) groups is 2. The summed E-state index contributed by atoms with van der Waals surface area (Å²) in [6.45, 7) is 7.95. The van der Waals surface area contributed by atoms with Crippen molar-refractivity contribution >= 4 is 11.9 Å². The summed E-state index contributed by atoms with van der Waals surface area (Å²) in [5, 5.41) is 19.9. The minimum absolute atomic E-state index is 0.172. The van der Waals surface area contributed by atoms with Gasteiger partial charge in [-0.3, -0.25) is 9.59 Å². The third-order valence-corrected chi connectivity index (χ3v) is 4.96. The second-order valence-electron chi connectivity index (χ2n) is 8.22. The van der Waals surface area contributed by atoms with E-state index in [1.54, 1.807) is 6.07 Å². The maximum Gasteiger partial charge on any atom is 0.311 e. The Kier molecular flexibility index (Phi) is 7.38. The van der Waals surface area contributed by atoms with Crippen LogP contribution in [0.15, 0.2) is 48.5 Å². The van der Waals surface area contributed by atoms with Crippen molar-refractivity contribution in [1.82, 2.24) is 0 Å². The van der Waals surface area contributed by atoms with Crippen molar-refractivity contribution < 1.29 is 19.8 Å². The Balaban J connectivity index is 2.77. The molecule has 0 amide bonds. The van der Waals surface area contributed by atoms with Gasteiger partial charge < -0.3 is 10.2 Å². The standard InChI is InChI=1S/C24H30O4/c1-15(2)13-20(23(25)26)19-12-8-11-18(17-9-6-5-7-10-17)22(19)21(24(27)28)14-16(3)4/h5-12,15-16,20-21H,13-14H2,1-4H3,(H,25,26)(H,27,28). The zero-order valence-corrected chi connectivity index (χ0v) is 17.1. The third-order valence-electron chi connectivity index (χ3n) is 4.96. The van der Waals surface area contributed by atoms with Gasteiger partial charge in [-0.25, -0.2) is 0 Å². The van der Waals surface area contributed by atoms with Crippen molar-refractivity contribution in [1.29, 1.82) is 0 Å². The van der Waals surface area contributed by atoms with Crippen LogP contribution in [-0.4, -0.2) is 22.2 Å². The van der Waals surface area contributed by atoms with E-state index in [2.05, 4.69) is 0 Å². The molecule has 0 saturated carbocycles. The molecule has 0 heterocycles. The summed E-state index contributed by atoms with van der Waals surface area (Å²) in [4.78, 5) is 24.3. The van der Waals surface area contributed by atoms with E-state index in [1.807, 2.05) is 70.2 Å². The number of rotatable bonds is 9. The summed E-state index contributed by atoms with van der Waals surface area (Å²) < 4.78 is 0. The molecule has 0 aliphatic carbocycles. The molecular weight excluding hydrogens is 352 g/mol. The molecule has 150 valence electrons. The summed E-state index contributed by atoms with van der Waals surface area (Å²) in [6.07, 6.45) is 0.925. The molecule has 4 heteroatoms. The van der Waals surface area contributed by atoms with Gasteiger partial charge in [-0.05, 0) is 46.9 Å². The Labute approximate surface area is 167 Å².